The number of aromatic nitrogens is 2. The monoisotopic (exact) mass is 397 g/mol. The number of nitrogens with one attached hydrogen (secondary N) is 2. The molecule has 1 saturated carbocycles. The third-order valence-electron chi connectivity index (χ3n) is 6.24. The first-order chi connectivity index (χ1) is 14.8. The lowest BCUT2D eigenvalue weighted by Gasteiger charge is -2.22. The Morgan fingerprint density at radius 2 is 1.70 bits per heavy atom. The van der Waals surface area contributed by atoms with E-state index in [-0.39, 0.29) is 11.9 Å². The van der Waals surface area contributed by atoms with Crippen LogP contribution in [0, 0.1) is 0 Å². The van der Waals surface area contributed by atoms with Crippen molar-refractivity contribution in [1.82, 2.24) is 15.3 Å². The highest BCUT2D eigenvalue weighted by Crippen LogP contribution is 2.28. The second-order valence-corrected chi connectivity index (χ2v) is 8.34. The maximum atomic E-state index is 13.1. The summed E-state index contributed by atoms with van der Waals surface area (Å²) in [6.45, 7) is 0. The molecule has 4 aromatic rings. The lowest BCUT2D eigenvalue weighted by molar-refractivity contribution is 0.0922. The third-order valence-corrected chi connectivity index (χ3v) is 6.24. The van der Waals surface area contributed by atoms with E-state index in [2.05, 4.69) is 46.7 Å². The van der Waals surface area contributed by atoms with Gasteiger partial charge < -0.3 is 10.3 Å². The number of carbonyl (C=O) groups excluding carboxylic acids is 1. The Balaban J connectivity index is 1.51. The number of hydrogen-bond donors (Lipinski definition) is 2. The summed E-state index contributed by atoms with van der Waals surface area (Å²) in [6, 6.07) is 20.9. The molecular formula is C26H27N3O. The van der Waals surface area contributed by atoms with E-state index in [1.807, 2.05) is 24.3 Å². The summed E-state index contributed by atoms with van der Waals surface area (Å²) in [5.74, 6) is -0.0463. The Bertz CT molecular complexity index is 1170. The molecule has 152 valence electrons. The molecule has 2 N–H and O–H groups in total. The molecule has 0 atom stereocenters. The summed E-state index contributed by atoms with van der Waals surface area (Å²) in [7, 11) is 0. The predicted molar refractivity (Wildman–Crippen MR) is 122 cm³/mol. The maximum absolute atomic E-state index is 13.1. The van der Waals surface area contributed by atoms with Crippen molar-refractivity contribution in [3.8, 4) is 0 Å². The van der Waals surface area contributed by atoms with Crippen LogP contribution < -0.4 is 5.32 Å². The van der Waals surface area contributed by atoms with Gasteiger partial charge in [0, 0.05) is 22.3 Å². The number of para-hydroxylation sites is 1. The second-order valence-electron chi connectivity index (χ2n) is 8.34. The van der Waals surface area contributed by atoms with E-state index in [4.69, 9.17) is 4.98 Å². The number of carbonyl (C=O) groups is 1. The van der Waals surface area contributed by atoms with Crippen molar-refractivity contribution < 1.29 is 4.79 Å². The molecule has 0 bridgehead atoms. The van der Waals surface area contributed by atoms with Gasteiger partial charge in [0.25, 0.3) is 5.91 Å². The Kier molecular flexibility index (Phi) is 5.22. The van der Waals surface area contributed by atoms with Gasteiger partial charge >= 0.3 is 0 Å². The fourth-order valence-corrected chi connectivity index (χ4v) is 4.62. The lowest BCUT2D eigenvalue weighted by atomic mass is 9.95. The van der Waals surface area contributed by atoms with Crippen molar-refractivity contribution in [2.45, 2.75) is 51.0 Å². The number of benzene rings is 2. The fourth-order valence-electron chi connectivity index (χ4n) is 4.62. The smallest absolute Gasteiger partial charge is 0.270 e. The Morgan fingerprint density at radius 3 is 2.53 bits per heavy atom. The molecule has 1 fully saturated rings. The van der Waals surface area contributed by atoms with Gasteiger partial charge in [-0.05, 0) is 43.4 Å². The van der Waals surface area contributed by atoms with E-state index in [1.165, 1.54) is 24.8 Å². The van der Waals surface area contributed by atoms with E-state index in [0.29, 0.717) is 5.69 Å². The van der Waals surface area contributed by atoms with E-state index in [9.17, 15) is 4.79 Å². The molecule has 2 aromatic carbocycles. The Labute approximate surface area is 176 Å². The van der Waals surface area contributed by atoms with Crippen LogP contribution in [-0.4, -0.2) is 21.9 Å². The van der Waals surface area contributed by atoms with Crippen molar-refractivity contribution in [2.24, 2.45) is 0 Å². The summed E-state index contributed by atoms with van der Waals surface area (Å²) in [5, 5.41) is 5.45. The number of H-pyrrole nitrogens is 1. The van der Waals surface area contributed by atoms with Crippen molar-refractivity contribution in [3.05, 3.63) is 77.6 Å². The number of rotatable bonds is 5. The zero-order valence-electron chi connectivity index (χ0n) is 17.2. The average molecular weight is 398 g/mol. The lowest BCUT2D eigenvalue weighted by Crippen LogP contribution is -2.36. The van der Waals surface area contributed by atoms with Gasteiger partial charge in [-0.2, -0.15) is 0 Å². The molecule has 2 heterocycles. The van der Waals surface area contributed by atoms with Gasteiger partial charge in [-0.15, -0.1) is 0 Å². The van der Waals surface area contributed by atoms with Crippen LogP contribution in [0.15, 0.2) is 60.7 Å². The molecule has 0 saturated heterocycles. The molecule has 30 heavy (non-hydrogen) atoms. The van der Waals surface area contributed by atoms with Crippen molar-refractivity contribution >= 4 is 27.7 Å². The van der Waals surface area contributed by atoms with Crippen molar-refractivity contribution in [1.29, 1.82) is 0 Å². The molecule has 0 radical (unpaired) electrons. The van der Waals surface area contributed by atoms with Crippen molar-refractivity contribution in [2.75, 3.05) is 0 Å². The average Bonchev–Trinajstić information content (AvgIpc) is 3.18. The molecule has 0 spiro atoms. The molecule has 4 nitrogen and oxygen atoms in total. The van der Waals surface area contributed by atoms with Crippen LogP contribution in [0.5, 0.6) is 0 Å². The van der Waals surface area contributed by atoms with E-state index in [1.54, 1.807) is 0 Å². The summed E-state index contributed by atoms with van der Waals surface area (Å²) in [4.78, 5) is 21.4. The topological polar surface area (TPSA) is 57.8 Å². The van der Waals surface area contributed by atoms with Gasteiger partial charge in [-0.25, -0.2) is 4.98 Å². The number of aromatic amines is 1. The number of pyridine rings is 1. The van der Waals surface area contributed by atoms with E-state index >= 15 is 0 Å². The van der Waals surface area contributed by atoms with Crippen LogP contribution in [0.2, 0.25) is 0 Å². The van der Waals surface area contributed by atoms with Gasteiger partial charge in [-0.3, -0.25) is 4.79 Å². The van der Waals surface area contributed by atoms with E-state index < -0.39 is 0 Å². The normalized spacial score (nSPS) is 14.9. The minimum absolute atomic E-state index is 0.0463. The van der Waals surface area contributed by atoms with Crippen LogP contribution in [0.25, 0.3) is 21.8 Å². The fraction of sp³-hybridized carbons (Fsp3) is 0.308. The molecule has 1 amide bonds. The molecule has 5 rings (SSSR count). The van der Waals surface area contributed by atoms with Crippen LogP contribution in [0.1, 0.15) is 53.8 Å². The van der Waals surface area contributed by atoms with Gasteiger partial charge in [0.15, 0.2) is 0 Å². The van der Waals surface area contributed by atoms with Gasteiger partial charge in [0.1, 0.15) is 5.69 Å². The number of fused-ring (bicyclic) bond motifs is 3. The van der Waals surface area contributed by atoms with Crippen LogP contribution in [0.3, 0.4) is 0 Å². The number of aryl methyl sites for hydroxylation is 2. The minimum Gasteiger partial charge on any atom is -0.353 e. The second kappa shape index (κ2) is 8.31. The summed E-state index contributed by atoms with van der Waals surface area (Å²) in [6.07, 6.45) is 7.49. The quantitative estimate of drug-likeness (QED) is 0.463. The third kappa shape index (κ3) is 3.82. The SMILES string of the molecule is O=C(NC1CCCCC1)c1cc2c([nH]c3ccccc32)c(CCc2ccccc2)n1. The number of hydrogen-bond acceptors (Lipinski definition) is 2. The molecule has 0 unspecified atom stereocenters. The predicted octanol–water partition coefficient (Wildman–Crippen LogP) is 5.56. The Morgan fingerprint density at radius 1 is 0.933 bits per heavy atom. The first-order valence-corrected chi connectivity index (χ1v) is 11.0. The van der Waals surface area contributed by atoms with Gasteiger partial charge in [0.2, 0.25) is 0 Å². The van der Waals surface area contributed by atoms with Gasteiger partial charge in [0.05, 0.1) is 11.2 Å². The largest absolute Gasteiger partial charge is 0.353 e. The zero-order chi connectivity index (χ0) is 20.3. The van der Waals surface area contributed by atoms with Crippen LogP contribution >= 0.6 is 0 Å². The molecule has 0 aliphatic heterocycles. The summed E-state index contributed by atoms with van der Waals surface area (Å²) in [5.41, 5.74) is 4.89. The van der Waals surface area contributed by atoms with Crippen LogP contribution in [-0.2, 0) is 12.8 Å². The van der Waals surface area contributed by atoms with Crippen LogP contribution in [0.4, 0.5) is 0 Å². The molecule has 1 aliphatic carbocycles. The summed E-state index contributed by atoms with van der Waals surface area (Å²) >= 11 is 0. The molecular weight excluding hydrogens is 370 g/mol. The Hall–Kier alpha value is -3.14. The minimum atomic E-state index is -0.0463. The first-order valence-electron chi connectivity index (χ1n) is 11.0. The zero-order valence-corrected chi connectivity index (χ0v) is 17.2. The highest BCUT2D eigenvalue weighted by atomic mass is 16.1. The standard InChI is InChI=1S/C26H27N3O/c30-26(27-19-11-5-2-6-12-19)24-17-21-20-13-7-8-14-22(20)29-25(21)23(28-24)16-15-18-9-3-1-4-10-18/h1,3-4,7-10,13-14,17,19,29H,2,5-6,11-12,15-16H2,(H,27,30). The number of nitrogens with zero attached hydrogens (tertiary/aromatic N) is 1. The van der Waals surface area contributed by atoms with Gasteiger partial charge in [-0.1, -0.05) is 67.8 Å². The number of amides is 1. The molecule has 4 heteroatoms. The highest BCUT2D eigenvalue weighted by molar-refractivity contribution is 6.10. The molecule has 2 aromatic heterocycles. The summed E-state index contributed by atoms with van der Waals surface area (Å²) < 4.78 is 0. The first kappa shape index (κ1) is 18.9. The van der Waals surface area contributed by atoms with E-state index in [0.717, 1.165) is 53.2 Å². The highest BCUT2D eigenvalue weighted by Gasteiger charge is 2.20. The molecule has 1 aliphatic rings. The maximum Gasteiger partial charge on any atom is 0.270 e. The van der Waals surface area contributed by atoms with Crippen molar-refractivity contribution in [3.63, 3.8) is 0 Å².